The minimum absolute atomic E-state index is 0.0206. The van der Waals surface area contributed by atoms with Gasteiger partial charge in [0.2, 0.25) is 5.91 Å². The zero-order chi connectivity index (χ0) is 20.6. The summed E-state index contributed by atoms with van der Waals surface area (Å²) in [7, 11) is 0. The lowest BCUT2D eigenvalue weighted by molar-refractivity contribution is -0.137. The number of amides is 1. The number of β-amino-alcohol motifs (C(OH)–C–C–N with tert-alkyl or cyclic N) is 1. The molecule has 3 heterocycles. The lowest BCUT2D eigenvalue weighted by Gasteiger charge is -2.21. The van der Waals surface area contributed by atoms with E-state index in [9.17, 15) is 23.1 Å². The standard InChI is InChI=1S/C19H16F3N5O2/c20-19(21,22)12-3-1-11(2-4-12)13-8-25-17(16-15(13)23-5-6-24-16)27-10-18(29)7-14(28)26-9-18/h1-6,8,29H,7,9-10H2,(H,25,27)(H,26,28)/t18-/m0/s1. The maximum absolute atomic E-state index is 12.8. The Labute approximate surface area is 163 Å². The highest BCUT2D eigenvalue weighted by atomic mass is 19.4. The number of carbonyl (C=O) groups excluding carboxylic acids is 1. The number of benzene rings is 1. The van der Waals surface area contributed by atoms with Gasteiger partial charge in [0.05, 0.1) is 12.0 Å². The predicted octanol–water partition coefficient (Wildman–Crippen LogP) is 2.37. The van der Waals surface area contributed by atoms with Crippen molar-refractivity contribution in [2.75, 3.05) is 18.4 Å². The molecule has 1 atom stereocenters. The number of anilines is 1. The first-order chi connectivity index (χ1) is 13.8. The number of rotatable bonds is 4. The highest BCUT2D eigenvalue weighted by Gasteiger charge is 2.36. The van der Waals surface area contributed by atoms with Crippen molar-refractivity contribution >= 4 is 22.8 Å². The number of nitrogens with one attached hydrogen (secondary N) is 2. The van der Waals surface area contributed by atoms with Crippen LogP contribution < -0.4 is 10.6 Å². The Morgan fingerprint density at radius 1 is 1.10 bits per heavy atom. The molecule has 0 unspecified atom stereocenters. The Bertz CT molecular complexity index is 1070. The highest BCUT2D eigenvalue weighted by Crippen LogP contribution is 2.33. The normalized spacial score (nSPS) is 19.4. The molecule has 1 aliphatic rings. The van der Waals surface area contributed by atoms with Gasteiger partial charge in [-0.15, -0.1) is 0 Å². The van der Waals surface area contributed by atoms with Crippen molar-refractivity contribution < 1.29 is 23.1 Å². The lowest BCUT2D eigenvalue weighted by atomic mass is 10.0. The lowest BCUT2D eigenvalue weighted by Crippen LogP contribution is -2.39. The topological polar surface area (TPSA) is 100 Å². The van der Waals surface area contributed by atoms with Gasteiger partial charge in [0.15, 0.2) is 5.82 Å². The van der Waals surface area contributed by atoms with Gasteiger partial charge in [-0.3, -0.25) is 9.78 Å². The van der Waals surface area contributed by atoms with Crippen LogP contribution in [0.2, 0.25) is 0 Å². The molecule has 0 spiro atoms. The average molecular weight is 403 g/mol. The molecule has 1 saturated heterocycles. The molecule has 0 bridgehead atoms. The van der Waals surface area contributed by atoms with Crippen molar-refractivity contribution in [2.45, 2.75) is 18.2 Å². The van der Waals surface area contributed by atoms with Crippen LogP contribution in [0.25, 0.3) is 22.2 Å². The molecule has 10 heteroatoms. The zero-order valence-electron chi connectivity index (χ0n) is 15.0. The second kappa shape index (κ2) is 6.96. The van der Waals surface area contributed by atoms with E-state index in [-0.39, 0.29) is 25.4 Å². The molecule has 150 valence electrons. The van der Waals surface area contributed by atoms with Crippen molar-refractivity contribution in [2.24, 2.45) is 0 Å². The summed E-state index contributed by atoms with van der Waals surface area (Å²) in [5, 5.41) is 16.0. The summed E-state index contributed by atoms with van der Waals surface area (Å²) >= 11 is 0. The van der Waals surface area contributed by atoms with Gasteiger partial charge in [0.1, 0.15) is 16.6 Å². The Balaban J connectivity index is 1.66. The van der Waals surface area contributed by atoms with E-state index in [1.807, 2.05) is 0 Å². The molecule has 29 heavy (non-hydrogen) atoms. The largest absolute Gasteiger partial charge is 0.416 e. The number of alkyl halides is 3. The van der Waals surface area contributed by atoms with Gasteiger partial charge in [0.25, 0.3) is 0 Å². The fraction of sp³-hybridized carbons (Fsp3) is 0.263. The maximum Gasteiger partial charge on any atom is 0.416 e. The third-order valence-corrected chi connectivity index (χ3v) is 4.71. The van der Waals surface area contributed by atoms with Crippen molar-refractivity contribution in [3.8, 4) is 11.1 Å². The third-order valence-electron chi connectivity index (χ3n) is 4.71. The second-order valence-electron chi connectivity index (χ2n) is 6.88. The summed E-state index contributed by atoms with van der Waals surface area (Å²) in [5.74, 6) is 0.126. The van der Waals surface area contributed by atoms with Crippen LogP contribution in [0.5, 0.6) is 0 Å². The van der Waals surface area contributed by atoms with E-state index < -0.39 is 17.3 Å². The van der Waals surface area contributed by atoms with E-state index in [2.05, 4.69) is 25.6 Å². The van der Waals surface area contributed by atoms with Gasteiger partial charge in [-0.1, -0.05) is 12.1 Å². The van der Waals surface area contributed by atoms with Gasteiger partial charge in [-0.05, 0) is 17.7 Å². The van der Waals surface area contributed by atoms with E-state index in [4.69, 9.17) is 0 Å². The minimum Gasteiger partial charge on any atom is -0.386 e. The van der Waals surface area contributed by atoms with Crippen molar-refractivity contribution in [3.63, 3.8) is 0 Å². The van der Waals surface area contributed by atoms with Gasteiger partial charge in [-0.2, -0.15) is 13.2 Å². The van der Waals surface area contributed by atoms with Crippen LogP contribution in [0.4, 0.5) is 19.0 Å². The smallest absolute Gasteiger partial charge is 0.386 e. The molecule has 3 N–H and O–H groups in total. The number of nitrogens with zero attached hydrogens (tertiary/aromatic N) is 3. The first-order valence-electron chi connectivity index (χ1n) is 8.75. The van der Waals surface area contributed by atoms with Crippen molar-refractivity contribution in [1.29, 1.82) is 0 Å². The Morgan fingerprint density at radius 3 is 2.41 bits per heavy atom. The number of carbonyl (C=O) groups is 1. The fourth-order valence-electron chi connectivity index (χ4n) is 3.20. The summed E-state index contributed by atoms with van der Waals surface area (Å²) < 4.78 is 38.4. The van der Waals surface area contributed by atoms with Crippen LogP contribution in [0.3, 0.4) is 0 Å². The maximum atomic E-state index is 12.8. The van der Waals surface area contributed by atoms with E-state index >= 15 is 0 Å². The minimum atomic E-state index is -4.41. The number of hydrogen-bond donors (Lipinski definition) is 3. The first-order valence-corrected chi connectivity index (χ1v) is 8.75. The van der Waals surface area contributed by atoms with E-state index in [0.717, 1.165) is 12.1 Å². The molecular formula is C19H16F3N5O2. The summed E-state index contributed by atoms with van der Waals surface area (Å²) in [6.07, 6.45) is 0.00826. The Kier molecular flexibility index (Phi) is 4.58. The zero-order valence-corrected chi connectivity index (χ0v) is 15.0. The van der Waals surface area contributed by atoms with Crippen LogP contribution in [0.15, 0.2) is 42.9 Å². The SMILES string of the molecule is O=C1C[C@@](O)(CNc2ncc(-c3ccc(C(F)(F)F)cc3)c3nccnc23)CN1. The number of aromatic nitrogens is 3. The van der Waals surface area contributed by atoms with E-state index in [0.29, 0.717) is 28.0 Å². The molecule has 0 saturated carbocycles. The van der Waals surface area contributed by atoms with Gasteiger partial charge < -0.3 is 15.7 Å². The number of fused-ring (bicyclic) bond motifs is 1. The monoisotopic (exact) mass is 403 g/mol. The molecule has 1 amide bonds. The van der Waals surface area contributed by atoms with Crippen LogP contribution in [0.1, 0.15) is 12.0 Å². The quantitative estimate of drug-likeness (QED) is 0.619. The second-order valence-corrected chi connectivity index (χ2v) is 6.88. The molecule has 1 aliphatic heterocycles. The summed E-state index contributed by atoms with van der Waals surface area (Å²) in [4.78, 5) is 24.3. The summed E-state index contributed by atoms with van der Waals surface area (Å²) in [6.45, 7) is 0.204. The number of halogens is 3. The molecule has 3 aromatic rings. The average Bonchev–Trinajstić information content (AvgIpc) is 3.04. The van der Waals surface area contributed by atoms with Gasteiger partial charge in [0, 0.05) is 37.2 Å². The highest BCUT2D eigenvalue weighted by molar-refractivity contribution is 5.96. The molecular weight excluding hydrogens is 387 g/mol. The number of pyridine rings is 1. The fourth-order valence-corrected chi connectivity index (χ4v) is 3.20. The molecule has 1 aromatic carbocycles. The number of hydrogen-bond acceptors (Lipinski definition) is 6. The first kappa shape index (κ1) is 19.1. The van der Waals surface area contributed by atoms with Gasteiger partial charge >= 0.3 is 6.18 Å². The molecule has 1 fully saturated rings. The third kappa shape index (κ3) is 3.83. The Hall–Kier alpha value is -3.27. The van der Waals surface area contributed by atoms with E-state index in [1.165, 1.54) is 30.7 Å². The van der Waals surface area contributed by atoms with Crippen molar-refractivity contribution in [1.82, 2.24) is 20.3 Å². The number of aliphatic hydroxyl groups is 1. The molecule has 7 nitrogen and oxygen atoms in total. The van der Waals surface area contributed by atoms with Crippen LogP contribution >= 0.6 is 0 Å². The van der Waals surface area contributed by atoms with Crippen LogP contribution in [-0.4, -0.2) is 44.7 Å². The Morgan fingerprint density at radius 2 is 1.79 bits per heavy atom. The summed E-state index contributed by atoms with van der Waals surface area (Å²) in [6, 6.07) is 4.73. The molecule has 2 aromatic heterocycles. The van der Waals surface area contributed by atoms with Gasteiger partial charge in [-0.25, -0.2) is 9.97 Å². The van der Waals surface area contributed by atoms with Crippen LogP contribution in [0, 0.1) is 0 Å². The van der Waals surface area contributed by atoms with Crippen LogP contribution in [-0.2, 0) is 11.0 Å². The van der Waals surface area contributed by atoms with E-state index in [1.54, 1.807) is 0 Å². The molecule has 0 aliphatic carbocycles. The molecule has 0 radical (unpaired) electrons. The predicted molar refractivity (Wildman–Crippen MR) is 98.8 cm³/mol. The van der Waals surface area contributed by atoms with Crippen molar-refractivity contribution in [3.05, 3.63) is 48.4 Å². The summed E-state index contributed by atoms with van der Waals surface area (Å²) in [5.41, 5.74) is -0.0612. The molecule has 4 rings (SSSR count).